The second kappa shape index (κ2) is 4.08. The molecule has 0 unspecified atom stereocenters. The lowest BCUT2D eigenvalue weighted by Crippen LogP contribution is -2.18. The highest BCUT2D eigenvalue weighted by Gasteiger charge is 2.22. The molecule has 0 radical (unpaired) electrons. The Morgan fingerprint density at radius 1 is 1.15 bits per heavy atom. The van der Waals surface area contributed by atoms with Crippen LogP contribution in [0.3, 0.4) is 0 Å². The lowest BCUT2D eigenvalue weighted by atomic mass is 9.76. The molecular formula is C12H22O. The van der Waals surface area contributed by atoms with E-state index in [9.17, 15) is 4.79 Å². The summed E-state index contributed by atoms with van der Waals surface area (Å²) in [5, 5.41) is 0. The van der Waals surface area contributed by atoms with Crippen molar-refractivity contribution in [1.82, 2.24) is 0 Å². The van der Waals surface area contributed by atoms with Crippen molar-refractivity contribution in [3.05, 3.63) is 12.2 Å². The zero-order valence-electron chi connectivity index (χ0n) is 9.77. The van der Waals surface area contributed by atoms with Crippen LogP contribution in [0, 0.1) is 10.8 Å². The molecule has 13 heavy (non-hydrogen) atoms. The molecule has 0 atom stereocenters. The Labute approximate surface area is 82.2 Å². The van der Waals surface area contributed by atoms with Crippen molar-refractivity contribution in [2.75, 3.05) is 0 Å². The van der Waals surface area contributed by atoms with E-state index in [4.69, 9.17) is 0 Å². The number of carbonyl (C=O) groups is 1. The zero-order chi connectivity index (χ0) is 10.7. The molecule has 0 rings (SSSR count). The van der Waals surface area contributed by atoms with Crippen molar-refractivity contribution < 1.29 is 4.79 Å². The Morgan fingerprint density at radius 2 is 1.62 bits per heavy atom. The molecule has 0 spiro atoms. The average Bonchev–Trinajstić information content (AvgIpc) is 1.78. The van der Waals surface area contributed by atoms with Gasteiger partial charge in [0, 0.05) is 0 Å². The molecule has 0 fully saturated rings. The number of hydrogen-bond donors (Lipinski definition) is 0. The van der Waals surface area contributed by atoms with Crippen LogP contribution >= 0.6 is 0 Å². The fourth-order valence-electron chi connectivity index (χ4n) is 1.77. The van der Waals surface area contributed by atoms with Crippen molar-refractivity contribution in [3.8, 4) is 0 Å². The van der Waals surface area contributed by atoms with Crippen LogP contribution in [-0.2, 0) is 4.79 Å². The van der Waals surface area contributed by atoms with Gasteiger partial charge in [-0.05, 0) is 30.3 Å². The normalized spacial score (nSPS) is 13.7. The molecule has 0 aliphatic rings. The third-order valence-corrected chi connectivity index (χ3v) is 1.76. The van der Waals surface area contributed by atoms with Crippen LogP contribution in [0.1, 0.15) is 48.0 Å². The van der Waals surface area contributed by atoms with Crippen LogP contribution in [-0.4, -0.2) is 5.78 Å². The summed E-state index contributed by atoms with van der Waals surface area (Å²) in [6.45, 7) is 12.6. The number of ketones is 1. The molecule has 0 N–H and O–H groups in total. The Hall–Kier alpha value is -0.590. The molecule has 0 aliphatic carbocycles. The predicted octanol–water partition coefficient (Wildman–Crippen LogP) is 3.59. The van der Waals surface area contributed by atoms with E-state index in [1.807, 2.05) is 6.08 Å². The molecule has 1 heteroatoms. The monoisotopic (exact) mass is 182 g/mol. The molecule has 0 saturated heterocycles. The highest BCUT2D eigenvalue weighted by atomic mass is 16.1. The van der Waals surface area contributed by atoms with Gasteiger partial charge in [-0.1, -0.05) is 40.7 Å². The minimum absolute atomic E-state index is 0.115. The van der Waals surface area contributed by atoms with E-state index in [0.29, 0.717) is 5.41 Å². The van der Waals surface area contributed by atoms with Crippen molar-refractivity contribution >= 4 is 5.78 Å². The van der Waals surface area contributed by atoms with Gasteiger partial charge in [-0.3, -0.25) is 4.79 Å². The summed E-state index contributed by atoms with van der Waals surface area (Å²) < 4.78 is 0. The Morgan fingerprint density at radius 3 is 1.92 bits per heavy atom. The summed E-state index contributed by atoms with van der Waals surface area (Å²) in [5.41, 5.74) is 0.425. The molecule has 1 nitrogen and oxygen atoms in total. The van der Waals surface area contributed by atoms with Crippen LogP contribution in [0.2, 0.25) is 0 Å². The second-order valence-electron chi connectivity index (χ2n) is 5.67. The van der Waals surface area contributed by atoms with Crippen LogP contribution in [0.25, 0.3) is 0 Å². The van der Waals surface area contributed by atoms with E-state index in [2.05, 4.69) is 34.6 Å². The highest BCUT2D eigenvalue weighted by Crippen LogP contribution is 2.33. The van der Waals surface area contributed by atoms with Gasteiger partial charge in [0.2, 0.25) is 0 Å². The summed E-state index contributed by atoms with van der Waals surface area (Å²) in [6, 6.07) is 0. The van der Waals surface area contributed by atoms with Gasteiger partial charge in [0.1, 0.15) is 0 Å². The van der Waals surface area contributed by atoms with E-state index >= 15 is 0 Å². The van der Waals surface area contributed by atoms with Gasteiger partial charge < -0.3 is 0 Å². The first kappa shape index (κ1) is 12.4. The first-order chi connectivity index (χ1) is 5.62. The van der Waals surface area contributed by atoms with Crippen molar-refractivity contribution in [3.63, 3.8) is 0 Å². The van der Waals surface area contributed by atoms with Gasteiger partial charge in [0.15, 0.2) is 5.78 Å². The third-order valence-electron chi connectivity index (χ3n) is 1.76. The second-order valence-corrected chi connectivity index (χ2v) is 5.67. The smallest absolute Gasteiger partial charge is 0.152 e. The maximum absolute atomic E-state index is 10.8. The number of allylic oxidation sites excluding steroid dienone is 2. The number of rotatable bonds is 3. The minimum Gasteiger partial charge on any atom is -0.295 e. The summed E-state index contributed by atoms with van der Waals surface area (Å²) in [5.74, 6) is 0.127. The first-order valence-corrected chi connectivity index (χ1v) is 4.82. The topological polar surface area (TPSA) is 17.1 Å². The first-order valence-electron chi connectivity index (χ1n) is 4.82. The van der Waals surface area contributed by atoms with Gasteiger partial charge in [0.25, 0.3) is 0 Å². The van der Waals surface area contributed by atoms with E-state index in [1.54, 1.807) is 13.0 Å². The quantitative estimate of drug-likeness (QED) is 0.609. The van der Waals surface area contributed by atoms with E-state index in [0.717, 1.165) is 6.42 Å². The standard InChI is InChI=1S/C12H22O/c1-10(13)7-8-12(5,6)9-11(2,3)4/h7-8H,9H2,1-6H3/b8-7+. The van der Waals surface area contributed by atoms with E-state index in [1.165, 1.54) is 0 Å². The van der Waals surface area contributed by atoms with Gasteiger partial charge in [-0.2, -0.15) is 0 Å². The van der Waals surface area contributed by atoms with Crippen LogP contribution in [0.15, 0.2) is 12.2 Å². The maximum atomic E-state index is 10.8. The van der Waals surface area contributed by atoms with Crippen molar-refractivity contribution in [2.45, 2.75) is 48.0 Å². The third kappa shape index (κ3) is 7.76. The lowest BCUT2D eigenvalue weighted by molar-refractivity contribution is -0.112. The number of carbonyl (C=O) groups excluding carboxylic acids is 1. The van der Waals surface area contributed by atoms with Crippen LogP contribution in [0.5, 0.6) is 0 Å². The molecule has 76 valence electrons. The van der Waals surface area contributed by atoms with E-state index in [-0.39, 0.29) is 11.2 Å². The summed E-state index contributed by atoms with van der Waals surface area (Å²) in [6.07, 6.45) is 4.77. The molecular weight excluding hydrogens is 160 g/mol. The van der Waals surface area contributed by atoms with Gasteiger partial charge >= 0.3 is 0 Å². The Kier molecular flexibility index (Phi) is 3.89. The summed E-state index contributed by atoms with van der Waals surface area (Å²) in [4.78, 5) is 10.8. The molecule has 0 amide bonds. The molecule has 0 aliphatic heterocycles. The average molecular weight is 182 g/mol. The van der Waals surface area contributed by atoms with Gasteiger partial charge in [0.05, 0.1) is 0 Å². The van der Waals surface area contributed by atoms with Crippen LogP contribution < -0.4 is 0 Å². The fourth-order valence-corrected chi connectivity index (χ4v) is 1.77. The number of hydrogen-bond acceptors (Lipinski definition) is 1. The SMILES string of the molecule is CC(=O)/C=C/C(C)(C)CC(C)(C)C. The van der Waals surface area contributed by atoms with Crippen LogP contribution in [0.4, 0.5) is 0 Å². The van der Waals surface area contributed by atoms with E-state index < -0.39 is 0 Å². The lowest BCUT2D eigenvalue weighted by Gasteiger charge is -2.29. The van der Waals surface area contributed by atoms with Crippen molar-refractivity contribution in [1.29, 1.82) is 0 Å². The molecule has 0 aromatic rings. The van der Waals surface area contributed by atoms with Crippen molar-refractivity contribution in [2.24, 2.45) is 10.8 Å². The minimum atomic E-state index is 0.115. The predicted molar refractivity (Wildman–Crippen MR) is 57.7 cm³/mol. The fraction of sp³-hybridized carbons (Fsp3) is 0.750. The van der Waals surface area contributed by atoms with Gasteiger partial charge in [-0.25, -0.2) is 0 Å². The Balaban J connectivity index is 4.32. The molecule has 0 aromatic heterocycles. The summed E-state index contributed by atoms with van der Waals surface area (Å²) in [7, 11) is 0. The summed E-state index contributed by atoms with van der Waals surface area (Å²) >= 11 is 0. The molecule has 0 aromatic carbocycles. The Bertz CT molecular complexity index is 204. The zero-order valence-corrected chi connectivity index (χ0v) is 9.77. The maximum Gasteiger partial charge on any atom is 0.152 e. The molecule has 0 bridgehead atoms. The largest absolute Gasteiger partial charge is 0.295 e. The molecule has 0 heterocycles. The highest BCUT2D eigenvalue weighted by molar-refractivity contribution is 5.87. The van der Waals surface area contributed by atoms with Gasteiger partial charge in [-0.15, -0.1) is 0 Å². The molecule has 0 saturated carbocycles.